The first kappa shape index (κ1) is 15.2. The van der Waals surface area contributed by atoms with Crippen LogP contribution in [-0.4, -0.2) is 16.6 Å². The van der Waals surface area contributed by atoms with Crippen LogP contribution in [0.15, 0.2) is 16.8 Å². The Morgan fingerprint density at radius 1 is 1.52 bits per heavy atom. The predicted octanol–water partition coefficient (Wildman–Crippen LogP) is 3.64. The van der Waals surface area contributed by atoms with Crippen molar-refractivity contribution in [2.45, 2.75) is 51.2 Å². The van der Waals surface area contributed by atoms with Crippen molar-refractivity contribution in [1.82, 2.24) is 10.3 Å². The molecule has 2 heterocycles. The van der Waals surface area contributed by atoms with Crippen LogP contribution in [0.4, 0.5) is 0 Å². The van der Waals surface area contributed by atoms with Gasteiger partial charge in [0.1, 0.15) is 5.60 Å². The first-order valence-electron chi connectivity index (χ1n) is 7.57. The number of aromatic nitrogens is 1. The number of nitrogens with zero attached hydrogens (tertiary/aromatic N) is 1. The van der Waals surface area contributed by atoms with Crippen molar-refractivity contribution in [2.75, 3.05) is 6.54 Å². The van der Waals surface area contributed by atoms with E-state index in [0.717, 1.165) is 24.8 Å². The van der Waals surface area contributed by atoms with Gasteiger partial charge in [-0.15, -0.1) is 11.3 Å². The van der Waals surface area contributed by atoms with Crippen molar-refractivity contribution >= 4 is 22.7 Å². The summed E-state index contributed by atoms with van der Waals surface area (Å²) < 4.78 is 0. The number of thiazole rings is 1. The molecule has 0 amide bonds. The Kier molecular flexibility index (Phi) is 4.45. The molecule has 5 heteroatoms. The van der Waals surface area contributed by atoms with Gasteiger partial charge in [0.15, 0.2) is 0 Å². The van der Waals surface area contributed by atoms with Crippen LogP contribution in [0.2, 0.25) is 0 Å². The highest BCUT2D eigenvalue weighted by atomic mass is 32.1. The van der Waals surface area contributed by atoms with E-state index in [1.54, 1.807) is 11.3 Å². The van der Waals surface area contributed by atoms with Crippen LogP contribution in [-0.2, 0) is 18.4 Å². The lowest BCUT2D eigenvalue weighted by atomic mass is 9.95. The molecule has 2 aromatic rings. The molecule has 2 aromatic heterocycles. The molecule has 21 heavy (non-hydrogen) atoms. The van der Waals surface area contributed by atoms with Crippen LogP contribution >= 0.6 is 22.7 Å². The lowest BCUT2D eigenvalue weighted by molar-refractivity contribution is 0.0536. The minimum atomic E-state index is -0.810. The molecule has 0 saturated carbocycles. The first-order chi connectivity index (χ1) is 10.1. The van der Waals surface area contributed by atoms with E-state index in [2.05, 4.69) is 12.2 Å². The molecule has 3 rings (SSSR count). The molecule has 0 aromatic carbocycles. The van der Waals surface area contributed by atoms with Gasteiger partial charge in [-0.1, -0.05) is 6.92 Å². The SMILES string of the molecule is CCc1nc2c(s1)C(NCC(C)(O)c1ccsc1)CCC2. The van der Waals surface area contributed by atoms with Gasteiger partial charge in [-0.05, 0) is 55.0 Å². The molecule has 0 aliphatic heterocycles. The molecule has 3 nitrogen and oxygen atoms in total. The fourth-order valence-electron chi connectivity index (χ4n) is 2.81. The zero-order valence-corrected chi connectivity index (χ0v) is 14.2. The molecule has 2 unspecified atom stereocenters. The lowest BCUT2D eigenvalue weighted by Crippen LogP contribution is -2.37. The number of aliphatic hydroxyl groups is 1. The third kappa shape index (κ3) is 3.21. The van der Waals surface area contributed by atoms with Gasteiger partial charge in [0.2, 0.25) is 0 Å². The van der Waals surface area contributed by atoms with E-state index in [-0.39, 0.29) is 0 Å². The summed E-state index contributed by atoms with van der Waals surface area (Å²) >= 11 is 3.47. The second-order valence-corrected chi connectivity index (χ2v) is 7.78. The van der Waals surface area contributed by atoms with Crippen LogP contribution in [0, 0.1) is 0 Å². The van der Waals surface area contributed by atoms with Crippen molar-refractivity contribution in [2.24, 2.45) is 0 Å². The van der Waals surface area contributed by atoms with E-state index in [0.29, 0.717) is 12.6 Å². The first-order valence-corrected chi connectivity index (χ1v) is 9.33. The molecule has 0 radical (unpaired) electrons. The zero-order valence-electron chi connectivity index (χ0n) is 12.6. The van der Waals surface area contributed by atoms with E-state index < -0.39 is 5.60 Å². The fourth-order valence-corrected chi connectivity index (χ4v) is 4.76. The summed E-state index contributed by atoms with van der Waals surface area (Å²) in [4.78, 5) is 6.12. The third-order valence-electron chi connectivity index (χ3n) is 4.13. The summed E-state index contributed by atoms with van der Waals surface area (Å²) in [5.41, 5.74) is 1.46. The van der Waals surface area contributed by atoms with Crippen LogP contribution in [0.3, 0.4) is 0 Å². The van der Waals surface area contributed by atoms with Crippen molar-refractivity contribution < 1.29 is 5.11 Å². The Morgan fingerprint density at radius 2 is 2.38 bits per heavy atom. The number of hydrogen-bond donors (Lipinski definition) is 2. The number of thiophene rings is 1. The fraction of sp³-hybridized carbons (Fsp3) is 0.562. The molecule has 1 aliphatic rings. The van der Waals surface area contributed by atoms with Crippen LogP contribution in [0.1, 0.15) is 53.9 Å². The van der Waals surface area contributed by atoms with Crippen molar-refractivity contribution in [1.29, 1.82) is 0 Å². The van der Waals surface area contributed by atoms with Gasteiger partial charge in [0, 0.05) is 17.5 Å². The summed E-state index contributed by atoms with van der Waals surface area (Å²) in [6.45, 7) is 4.62. The lowest BCUT2D eigenvalue weighted by Gasteiger charge is -2.28. The summed E-state index contributed by atoms with van der Waals surface area (Å²) in [7, 11) is 0. The Balaban J connectivity index is 1.71. The standard InChI is InChI=1S/C16H22N2OS2/c1-3-14-18-13-6-4-5-12(15(13)21-14)17-10-16(2,19)11-7-8-20-9-11/h7-9,12,17,19H,3-6,10H2,1-2H3. The molecular formula is C16H22N2OS2. The van der Waals surface area contributed by atoms with Gasteiger partial charge in [0.05, 0.1) is 10.7 Å². The molecule has 114 valence electrons. The Bertz CT molecular complexity index is 589. The number of fused-ring (bicyclic) bond motifs is 1. The highest BCUT2D eigenvalue weighted by Crippen LogP contribution is 2.35. The Hall–Kier alpha value is -0.750. The molecule has 0 fully saturated rings. The van der Waals surface area contributed by atoms with E-state index in [9.17, 15) is 5.11 Å². The molecular weight excluding hydrogens is 300 g/mol. The quantitative estimate of drug-likeness (QED) is 0.883. The molecule has 2 atom stereocenters. The van der Waals surface area contributed by atoms with Gasteiger partial charge in [-0.3, -0.25) is 0 Å². The molecule has 0 saturated heterocycles. The second kappa shape index (κ2) is 6.16. The normalized spacial score (nSPS) is 21.0. The number of nitrogens with one attached hydrogen (secondary N) is 1. The zero-order chi connectivity index (χ0) is 14.9. The van der Waals surface area contributed by atoms with Crippen LogP contribution in [0.25, 0.3) is 0 Å². The molecule has 2 N–H and O–H groups in total. The highest BCUT2D eigenvalue weighted by Gasteiger charge is 2.28. The number of aryl methyl sites for hydroxylation is 2. The Labute approximate surface area is 134 Å². The average molecular weight is 322 g/mol. The minimum absolute atomic E-state index is 0.344. The monoisotopic (exact) mass is 322 g/mol. The van der Waals surface area contributed by atoms with Gasteiger partial charge in [0.25, 0.3) is 0 Å². The number of rotatable bonds is 5. The van der Waals surface area contributed by atoms with Crippen molar-refractivity contribution in [3.8, 4) is 0 Å². The van der Waals surface area contributed by atoms with Crippen molar-refractivity contribution in [3.05, 3.63) is 38.0 Å². The summed E-state index contributed by atoms with van der Waals surface area (Å²) in [6.07, 6.45) is 4.43. The summed E-state index contributed by atoms with van der Waals surface area (Å²) in [6, 6.07) is 2.34. The van der Waals surface area contributed by atoms with Gasteiger partial charge >= 0.3 is 0 Å². The predicted molar refractivity (Wildman–Crippen MR) is 89.1 cm³/mol. The van der Waals surface area contributed by atoms with E-state index >= 15 is 0 Å². The smallest absolute Gasteiger partial charge is 0.100 e. The summed E-state index contributed by atoms with van der Waals surface area (Å²) in [5.74, 6) is 0. The maximum Gasteiger partial charge on any atom is 0.100 e. The second-order valence-electron chi connectivity index (χ2n) is 5.88. The largest absolute Gasteiger partial charge is 0.384 e. The molecule has 0 spiro atoms. The number of hydrogen-bond acceptors (Lipinski definition) is 5. The van der Waals surface area contributed by atoms with E-state index in [4.69, 9.17) is 4.98 Å². The van der Waals surface area contributed by atoms with Gasteiger partial charge < -0.3 is 10.4 Å². The Morgan fingerprint density at radius 3 is 3.10 bits per heavy atom. The summed E-state index contributed by atoms with van der Waals surface area (Å²) in [5, 5.41) is 19.5. The van der Waals surface area contributed by atoms with Gasteiger partial charge in [-0.25, -0.2) is 4.98 Å². The van der Waals surface area contributed by atoms with E-state index in [1.165, 1.54) is 22.0 Å². The highest BCUT2D eigenvalue weighted by molar-refractivity contribution is 7.11. The topological polar surface area (TPSA) is 45.2 Å². The van der Waals surface area contributed by atoms with Crippen LogP contribution < -0.4 is 5.32 Å². The van der Waals surface area contributed by atoms with E-state index in [1.807, 2.05) is 35.1 Å². The minimum Gasteiger partial charge on any atom is -0.384 e. The van der Waals surface area contributed by atoms with Gasteiger partial charge in [-0.2, -0.15) is 11.3 Å². The maximum atomic E-state index is 10.6. The maximum absolute atomic E-state index is 10.6. The average Bonchev–Trinajstić information content (AvgIpc) is 3.13. The molecule has 1 aliphatic carbocycles. The third-order valence-corrected chi connectivity index (χ3v) is 6.17. The van der Waals surface area contributed by atoms with Crippen LogP contribution in [0.5, 0.6) is 0 Å². The molecule has 0 bridgehead atoms. The van der Waals surface area contributed by atoms with Crippen molar-refractivity contribution in [3.63, 3.8) is 0 Å².